The lowest BCUT2D eigenvalue weighted by Gasteiger charge is -2.32. The molecule has 1 aliphatic heterocycles. The molecule has 0 fully saturated rings. The highest BCUT2D eigenvalue weighted by atomic mass is 16.6. The average molecular weight is 226 g/mol. The highest BCUT2D eigenvalue weighted by Gasteiger charge is 2.34. The fraction of sp³-hybridized carbons (Fsp3) is 0.667. The van der Waals surface area contributed by atoms with E-state index in [9.17, 15) is 9.59 Å². The van der Waals surface area contributed by atoms with Gasteiger partial charge in [-0.3, -0.25) is 0 Å². The Morgan fingerprint density at radius 1 is 0.875 bits per heavy atom. The van der Waals surface area contributed by atoms with Crippen LogP contribution in [-0.2, 0) is 19.1 Å². The molecule has 0 aromatic carbocycles. The zero-order valence-corrected chi connectivity index (χ0v) is 10.1. The van der Waals surface area contributed by atoms with E-state index in [0.29, 0.717) is 0 Å². The second-order valence-corrected chi connectivity index (χ2v) is 4.62. The molecule has 0 aliphatic carbocycles. The summed E-state index contributed by atoms with van der Waals surface area (Å²) in [6.07, 6.45) is 1.44. The Morgan fingerprint density at radius 3 is 1.44 bits per heavy atom. The predicted octanol–water partition coefficient (Wildman–Crippen LogP) is 1.69. The minimum Gasteiger partial charge on any atom is -0.455 e. The minimum absolute atomic E-state index is 0.107. The minimum atomic E-state index is -0.485. The van der Waals surface area contributed by atoms with Crippen molar-refractivity contribution in [1.82, 2.24) is 0 Å². The zero-order chi connectivity index (χ0) is 12.3. The molecule has 0 aromatic rings. The van der Waals surface area contributed by atoms with E-state index in [1.807, 2.05) is 27.7 Å². The van der Waals surface area contributed by atoms with E-state index < -0.39 is 11.9 Å². The van der Waals surface area contributed by atoms with Crippen molar-refractivity contribution in [2.45, 2.75) is 39.9 Å². The van der Waals surface area contributed by atoms with Gasteiger partial charge in [-0.25, -0.2) is 9.59 Å². The van der Waals surface area contributed by atoms with Gasteiger partial charge in [-0.2, -0.15) is 0 Å². The van der Waals surface area contributed by atoms with Crippen molar-refractivity contribution in [3.63, 3.8) is 0 Å². The third-order valence-electron chi connectivity index (χ3n) is 2.50. The molecule has 0 amide bonds. The number of esters is 2. The lowest BCUT2D eigenvalue weighted by atomic mass is 9.93. The molecule has 1 rings (SSSR count). The molecule has 1 heterocycles. The van der Waals surface area contributed by atoms with E-state index in [2.05, 4.69) is 0 Å². The number of carbonyl (C=O) groups is 2. The van der Waals surface area contributed by atoms with Crippen molar-refractivity contribution in [1.29, 1.82) is 0 Å². The molecule has 16 heavy (non-hydrogen) atoms. The Labute approximate surface area is 95.6 Å². The average Bonchev–Trinajstić information content (AvgIpc) is 2.17. The normalized spacial score (nSPS) is 28.4. The molecule has 0 N–H and O–H groups in total. The summed E-state index contributed by atoms with van der Waals surface area (Å²) in [5.74, 6) is -0.756. The van der Waals surface area contributed by atoms with Crippen LogP contribution in [0.2, 0.25) is 0 Å². The SMILES string of the molecule is CC(C)C1OC(=O)/C=C\C(=O)OC1C(C)C. The highest BCUT2D eigenvalue weighted by Crippen LogP contribution is 2.22. The van der Waals surface area contributed by atoms with Gasteiger partial charge < -0.3 is 9.47 Å². The predicted molar refractivity (Wildman–Crippen MR) is 58.6 cm³/mol. The summed E-state index contributed by atoms with van der Waals surface area (Å²) in [5, 5.41) is 0. The van der Waals surface area contributed by atoms with Crippen LogP contribution in [0.4, 0.5) is 0 Å². The van der Waals surface area contributed by atoms with Gasteiger partial charge in [0.2, 0.25) is 0 Å². The molecule has 4 nitrogen and oxygen atoms in total. The number of hydrogen-bond donors (Lipinski definition) is 0. The first-order valence-corrected chi connectivity index (χ1v) is 5.51. The van der Waals surface area contributed by atoms with Crippen LogP contribution in [0.5, 0.6) is 0 Å². The number of carbonyl (C=O) groups excluding carboxylic acids is 2. The van der Waals surface area contributed by atoms with Crippen LogP contribution < -0.4 is 0 Å². The van der Waals surface area contributed by atoms with Gasteiger partial charge >= 0.3 is 11.9 Å². The first-order valence-electron chi connectivity index (χ1n) is 5.51. The summed E-state index contributed by atoms with van der Waals surface area (Å²) in [7, 11) is 0. The molecular formula is C12H18O4. The topological polar surface area (TPSA) is 52.6 Å². The van der Waals surface area contributed by atoms with Gasteiger partial charge in [0.25, 0.3) is 0 Å². The Kier molecular flexibility index (Phi) is 4.10. The zero-order valence-electron chi connectivity index (χ0n) is 10.1. The van der Waals surface area contributed by atoms with Crippen molar-refractivity contribution in [2.75, 3.05) is 0 Å². The first kappa shape index (κ1) is 12.7. The van der Waals surface area contributed by atoms with Crippen molar-refractivity contribution in [3.8, 4) is 0 Å². The maximum atomic E-state index is 11.3. The van der Waals surface area contributed by atoms with E-state index in [-0.39, 0.29) is 24.0 Å². The second-order valence-electron chi connectivity index (χ2n) is 4.62. The highest BCUT2D eigenvalue weighted by molar-refractivity contribution is 5.92. The fourth-order valence-electron chi connectivity index (χ4n) is 1.65. The van der Waals surface area contributed by atoms with Crippen molar-refractivity contribution >= 4 is 11.9 Å². The van der Waals surface area contributed by atoms with Gasteiger partial charge in [-0.1, -0.05) is 27.7 Å². The van der Waals surface area contributed by atoms with E-state index in [1.54, 1.807) is 0 Å². The molecule has 90 valence electrons. The molecule has 0 bridgehead atoms. The molecular weight excluding hydrogens is 208 g/mol. The van der Waals surface area contributed by atoms with E-state index in [0.717, 1.165) is 12.2 Å². The largest absolute Gasteiger partial charge is 0.455 e. The van der Waals surface area contributed by atoms with Crippen molar-refractivity contribution < 1.29 is 19.1 Å². The van der Waals surface area contributed by atoms with Crippen molar-refractivity contribution in [3.05, 3.63) is 12.2 Å². The molecule has 0 aromatic heterocycles. The van der Waals surface area contributed by atoms with Gasteiger partial charge in [0.05, 0.1) is 0 Å². The van der Waals surface area contributed by atoms with Crippen LogP contribution in [0.1, 0.15) is 27.7 Å². The lowest BCUT2D eigenvalue weighted by molar-refractivity contribution is -0.171. The maximum Gasteiger partial charge on any atom is 0.331 e. The molecule has 0 saturated carbocycles. The molecule has 0 radical (unpaired) electrons. The monoisotopic (exact) mass is 226 g/mol. The molecule has 1 aliphatic rings. The summed E-state index contributed by atoms with van der Waals surface area (Å²) in [4.78, 5) is 22.7. The molecule has 4 heteroatoms. The number of cyclic esters (lactones) is 2. The second kappa shape index (κ2) is 5.14. The van der Waals surface area contributed by atoms with Crippen molar-refractivity contribution in [2.24, 2.45) is 11.8 Å². The van der Waals surface area contributed by atoms with Gasteiger partial charge in [0, 0.05) is 12.2 Å². The van der Waals surface area contributed by atoms with Crippen LogP contribution >= 0.6 is 0 Å². The molecule has 2 unspecified atom stereocenters. The maximum absolute atomic E-state index is 11.3. The number of rotatable bonds is 2. The van der Waals surface area contributed by atoms with E-state index in [1.165, 1.54) is 0 Å². The summed E-state index contributed by atoms with van der Waals surface area (Å²) >= 11 is 0. The fourth-order valence-corrected chi connectivity index (χ4v) is 1.65. The Hall–Kier alpha value is -1.32. The standard InChI is InChI=1S/C12H18O4/c1-7(2)11-12(8(3)4)16-10(14)6-5-9(13)15-11/h5-8,11-12H,1-4H3/b6-5-. The molecule has 2 atom stereocenters. The number of ether oxygens (including phenoxy) is 2. The van der Waals surface area contributed by atoms with Gasteiger partial charge in [-0.15, -0.1) is 0 Å². The summed E-state index contributed by atoms with van der Waals surface area (Å²) in [5.41, 5.74) is 0. The van der Waals surface area contributed by atoms with E-state index >= 15 is 0 Å². The Bertz CT molecular complexity index is 274. The summed E-state index contributed by atoms with van der Waals surface area (Å²) in [6.45, 7) is 7.75. The Morgan fingerprint density at radius 2 is 1.19 bits per heavy atom. The third kappa shape index (κ3) is 3.08. The quantitative estimate of drug-likeness (QED) is 0.672. The van der Waals surface area contributed by atoms with Gasteiger partial charge in [-0.05, 0) is 11.8 Å². The molecule has 0 spiro atoms. The van der Waals surface area contributed by atoms with Crippen LogP contribution in [0.25, 0.3) is 0 Å². The number of hydrogen-bond acceptors (Lipinski definition) is 4. The van der Waals surface area contributed by atoms with Crippen LogP contribution in [0.3, 0.4) is 0 Å². The van der Waals surface area contributed by atoms with Crippen LogP contribution in [0.15, 0.2) is 12.2 Å². The lowest BCUT2D eigenvalue weighted by Crippen LogP contribution is -2.42. The van der Waals surface area contributed by atoms with E-state index in [4.69, 9.17) is 9.47 Å². The first-order chi connectivity index (χ1) is 7.41. The van der Waals surface area contributed by atoms with Crippen LogP contribution in [-0.4, -0.2) is 24.1 Å². The van der Waals surface area contributed by atoms with Crippen LogP contribution in [0, 0.1) is 11.8 Å². The van der Waals surface area contributed by atoms with Gasteiger partial charge in [0.15, 0.2) is 0 Å². The summed E-state index contributed by atoms with van der Waals surface area (Å²) in [6, 6.07) is 0. The Balaban J connectivity index is 2.96. The third-order valence-corrected chi connectivity index (χ3v) is 2.50. The summed E-state index contributed by atoms with van der Waals surface area (Å²) < 4.78 is 10.5. The molecule has 0 saturated heterocycles. The smallest absolute Gasteiger partial charge is 0.331 e. The van der Waals surface area contributed by atoms with Gasteiger partial charge in [0.1, 0.15) is 12.2 Å².